The summed E-state index contributed by atoms with van der Waals surface area (Å²) in [6.45, 7) is 2.24. The number of rotatable bonds is 19. The molecule has 1 aromatic rings. The number of carbonyl (C=O) groups excluding carboxylic acids is 1. The van der Waals surface area contributed by atoms with Crippen LogP contribution in [0.2, 0.25) is 0 Å². The quantitative estimate of drug-likeness (QED) is 0.0992. The van der Waals surface area contributed by atoms with Gasteiger partial charge in [-0.3, -0.25) is 4.79 Å². The largest absolute Gasteiger partial charge is 0.504 e. The molecule has 0 unspecified atom stereocenters. The van der Waals surface area contributed by atoms with Crippen molar-refractivity contribution in [3.8, 4) is 11.5 Å². The second-order valence-electron chi connectivity index (χ2n) is 9.10. The molecule has 0 amide bonds. The Balaban J connectivity index is 2.31. The minimum absolute atomic E-state index is 0.0358. The zero-order valence-electron chi connectivity index (χ0n) is 20.1. The molecule has 0 radical (unpaired) electrons. The molecule has 0 aromatic heterocycles. The number of aromatic hydroxyl groups is 2. The van der Waals surface area contributed by atoms with E-state index in [0.29, 0.717) is 12.0 Å². The van der Waals surface area contributed by atoms with Gasteiger partial charge in [0.15, 0.2) is 11.5 Å². The molecule has 8 nitrogen and oxygen atoms in total. The lowest BCUT2D eigenvalue weighted by molar-refractivity contribution is -0.730. The molecule has 0 heterocycles. The fourth-order valence-electron chi connectivity index (χ4n) is 4.10. The van der Waals surface area contributed by atoms with Gasteiger partial charge in [0.05, 0.1) is 0 Å². The fraction of sp³-hybridized carbons (Fsp3) is 0.720. The van der Waals surface area contributed by atoms with Crippen molar-refractivity contribution >= 4 is 5.97 Å². The van der Waals surface area contributed by atoms with E-state index in [1.54, 1.807) is 0 Å². The molecular weight excluding hydrogens is 424 g/mol. The van der Waals surface area contributed by atoms with Crippen molar-refractivity contribution < 1.29 is 24.9 Å². The Kier molecular flexibility index (Phi) is 14.2. The van der Waals surface area contributed by atoms with Crippen molar-refractivity contribution in [2.75, 3.05) is 0 Å². The molecule has 4 N–H and O–H groups in total. The number of phenolic OH excluding ortho intramolecular Hbond substituents is 2. The van der Waals surface area contributed by atoms with Gasteiger partial charge in [-0.2, -0.15) is 0 Å². The summed E-state index contributed by atoms with van der Waals surface area (Å²) in [4.78, 5) is 27.1. The Morgan fingerprint density at radius 3 is 1.85 bits per heavy atom. The summed E-state index contributed by atoms with van der Waals surface area (Å²) in [5, 5.41) is 28.6. The molecule has 0 saturated carbocycles. The zero-order valence-corrected chi connectivity index (χ0v) is 20.1. The number of benzene rings is 1. The lowest BCUT2D eigenvalue weighted by Crippen LogP contribution is -2.51. The van der Waals surface area contributed by atoms with Crippen LogP contribution in [0.5, 0.6) is 11.5 Å². The van der Waals surface area contributed by atoms with Crippen molar-refractivity contribution in [1.29, 1.82) is 0 Å². The minimum atomic E-state index is -1.58. The highest BCUT2D eigenvalue weighted by Gasteiger charge is 2.36. The van der Waals surface area contributed by atoms with Crippen LogP contribution in [0.1, 0.15) is 109 Å². The van der Waals surface area contributed by atoms with E-state index in [2.05, 4.69) is 11.8 Å². The van der Waals surface area contributed by atoms with Gasteiger partial charge in [-0.05, 0) is 30.5 Å². The van der Waals surface area contributed by atoms with Gasteiger partial charge in [-0.1, -0.05) is 103 Å². The smallest absolute Gasteiger partial charge is 0.323 e. The van der Waals surface area contributed by atoms with Crippen LogP contribution in [0.15, 0.2) is 18.2 Å². The summed E-state index contributed by atoms with van der Waals surface area (Å²) < 4.78 is 0. The summed E-state index contributed by atoms with van der Waals surface area (Å²) in [6.07, 6.45) is 17.0. The van der Waals surface area contributed by atoms with Gasteiger partial charge >= 0.3 is 11.1 Å². The van der Waals surface area contributed by atoms with Crippen LogP contribution >= 0.6 is 0 Å². The third kappa shape index (κ3) is 12.5. The van der Waals surface area contributed by atoms with Crippen LogP contribution in [0.4, 0.5) is 0 Å². The van der Waals surface area contributed by atoms with Gasteiger partial charge in [0.2, 0.25) is 0 Å². The highest BCUT2D eigenvalue weighted by molar-refractivity contribution is 5.80. The molecule has 0 saturated heterocycles. The zero-order chi connectivity index (χ0) is 24.5. The van der Waals surface area contributed by atoms with Crippen LogP contribution in [-0.2, 0) is 16.1 Å². The summed E-state index contributed by atoms with van der Waals surface area (Å²) in [6, 6.07) is 4.10. The third-order valence-corrected chi connectivity index (χ3v) is 6.10. The Hall–Kier alpha value is -2.35. The van der Waals surface area contributed by atoms with Gasteiger partial charge in [0.1, 0.15) is 5.54 Å². The maximum atomic E-state index is 12.3. The molecule has 0 aliphatic carbocycles. The molecule has 1 rings (SSSR count). The van der Waals surface area contributed by atoms with Gasteiger partial charge in [-0.15, -0.1) is 10.1 Å². The van der Waals surface area contributed by atoms with Gasteiger partial charge < -0.3 is 15.9 Å². The third-order valence-electron chi connectivity index (χ3n) is 6.10. The van der Waals surface area contributed by atoms with Crippen LogP contribution in [0.25, 0.3) is 0 Å². The molecule has 1 atom stereocenters. The van der Waals surface area contributed by atoms with Gasteiger partial charge in [0, 0.05) is 0 Å². The highest BCUT2D eigenvalue weighted by atomic mass is 17.0. The Morgan fingerprint density at radius 1 is 0.909 bits per heavy atom. The number of carbonyl (C=O) groups is 1. The van der Waals surface area contributed by atoms with Crippen LogP contribution in [0, 0.1) is 10.1 Å². The average Bonchev–Trinajstić information content (AvgIpc) is 2.76. The lowest BCUT2D eigenvalue weighted by Gasteiger charge is -2.26. The first-order valence-electron chi connectivity index (χ1n) is 12.4. The molecule has 0 aliphatic heterocycles. The van der Waals surface area contributed by atoms with Crippen molar-refractivity contribution in [3.63, 3.8) is 0 Å². The first kappa shape index (κ1) is 28.7. The first-order chi connectivity index (χ1) is 15.8. The predicted octanol–water partition coefficient (Wildman–Crippen LogP) is 5.94. The number of phenols is 2. The van der Waals surface area contributed by atoms with Crippen molar-refractivity contribution in [2.24, 2.45) is 5.73 Å². The molecule has 0 bridgehead atoms. The molecule has 0 spiro atoms. The molecule has 0 fully saturated rings. The normalized spacial score (nSPS) is 12.9. The number of nitrogens with two attached hydrogens (primary N) is 1. The van der Waals surface area contributed by atoms with Crippen molar-refractivity contribution in [1.82, 2.24) is 0 Å². The number of unbranched alkanes of at least 4 members (excludes halogenated alkanes) is 13. The van der Waals surface area contributed by atoms with Crippen molar-refractivity contribution in [3.05, 3.63) is 33.9 Å². The molecule has 8 heteroatoms. The topological polar surface area (TPSA) is 136 Å². The number of nitrogens with zero attached hydrogens (tertiary/aromatic N) is 1. The second-order valence-corrected chi connectivity index (χ2v) is 9.10. The standard InChI is InChI=1S/C25H42N2O6/c1-2-3-4-5-6-7-8-9-10-11-12-13-14-15-18-25(26,24(30)33-27(31)32)20-21-16-17-22(28)23(29)19-21/h16-17,19,28-29H,2-15,18,20,26H2,1H3/t25-/m0/s1. The molecular formula is C25H42N2O6. The van der Waals surface area contributed by atoms with E-state index in [0.717, 1.165) is 19.3 Å². The molecule has 188 valence electrons. The second kappa shape index (κ2) is 16.3. The number of hydrogen-bond acceptors (Lipinski definition) is 7. The SMILES string of the molecule is CCCCCCCCCCCCCCCC[C@](N)(Cc1ccc(O)c(O)c1)C(=O)O[N+](=O)[O-]. The Morgan fingerprint density at radius 2 is 1.39 bits per heavy atom. The van der Waals surface area contributed by atoms with Crippen molar-refractivity contribution in [2.45, 2.75) is 115 Å². The molecule has 1 aromatic carbocycles. The number of hydrogen-bond donors (Lipinski definition) is 3. The monoisotopic (exact) mass is 466 g/mol. The van der Waals surface area contributed by atoms with Crippen LogP contribution in [-0.4, -0.2) is 26.8 Å². The minimum Gasteiger partial charge on any atom is -0.504 e. The predicted molar refractivity (Wildman–Crippen MR) is 128 cm³/mol. The summed E-state index contributed by atoms with van der Waals surface area (Å²) in [7, 11) is 0. The van der Waals surface area contributed by atoms with Crippen LogP contribution in [0.3, 0.4) is 0 Å². The fourth-order valence-corrected chi connectivity index (χ4v) is 4.10. The molecule has 33 heavy (non-hydrogen) atoms. The van der Waals surface area contributed by atoms with E-state index >= 15 is 0 Å². The van der Waals surface area contributed by atoms with E-state index < -0.39 is 16.6 Å². The summed E-state index contributed by atoms with van der Waals surface area (Å²) in [5.74, 6) is -1.73. The maximum Gasteiger partial charge on any atom is 0.323 e. The average molecular weight is 467 g/mol. The highest BCUT2D eigenvalue weighted by Crippen LogP contribution is 2.28. The molecule has 0 aliphatic rings. The van der Waals surface area contributed by atoms with Gasteiger partial charge in [-0.25, -0.2) is 4.84 Å². The summed E-state index contributed by atoms with van der Waals surface area (Å²) >= 11 is 0. The first-order valence-corrected chi connectivity index (χ1v) is 12.4. The van der Waals surface area contributed by atoms with E-state index in [9.17, 15) is 25.1 Å². The van der Waals surface area contributed by atoms with E-state index in [1.807, 2.05) is 0 Å². The lowest BCUT2D eigenvalue weighted by atomic mass is 9.86. The van der Waals surface area contributed by atoms with E-state index in [-0.39, 0.29) is 24.3 Å². The maximum absolute atomic E-state index is 12.3. The van der Waals surface area contributed by atoms with E-state index in [1.165, 1.54) is 82.4 Å². The van der Waals surface area contributed by atoms with Gasteiger partial charge in [0.25, 0.3) is 0 Å². The Labute approximate surface area is 197 Å². The van der Waals surface area contributed by atoms with Crippen LogP contribution < -0.4 is 5.73 Å². The summed E-state index contributed by atoms with van der Waals surface area (Å²) in [5.41, 5.74) is 5.14. The Bertz CT molecular complexity index is 712. The van der Waals surface area contributed by atoms with E-state index in [4.69, 9.17) is 5.73 Å².